The number of halogens is 1. The highest BCUT2D eigenvalue weighted by molar-refractivity contribution is 9.10. The molecule has 4 nitrogen and oxygen atoms in total. The summed E-state index contributed by atoms with van der Waals surface area (Å²) in [6.07, 6.45) is 2.16. The first-order valence-electron chi connectivity index (χ1n) is 6.41. The molecule has 19 heavy (non-hydrogen) atoms. The predicted octanol–water partition coefficient (Wildman–Crippen LogP) is 3.07. The van der Waals surface area contributed by atoms with Gasteiger partial charge in [-0.2, -0.15) is 0 Å². The summed E-state index contributed by atoms with van der Waals surface area (Å²) < 4.78 is 7.46. The lowest BCUT2D eigenvalue weighted by Gasteiger charge is -2.18. The van der Waals surface area contributed by atoms with E-state index in [-0.39, 0.29) is 17.4 Å². The van der Waals surface area contributed by atoms with Crippen molar-refractivity contribution in [1.29, 1.82) is 0 Å². The van der Waals surface area contributed by atoms with E-state index in [0.29, 0.717) is 18.6 Å². The summed E-state index contributed by atoms with van der Waals surface area (Å²) in [7, 11) is 0. The number of carbonyl (C=O) groups excluding carboxylic acids is 1. The van der Waals surface area contributed by atoms with Crippen molar-refractivity contribution >= 4 is 21.9 Å². The minimum absolute atomic E-state index is 0.156. The van der Waals surface area contributed by atoms with Gasteiger partial charge < -0.3 is 4.74 Å². The second-order valence-electron chi connectivity index (χ2n) is 5.00. The molecule has 0 spiro atoms. The molecule has 0 aromatic carbocycles. The van der Waals surface area contributed by atoms with Crippen LogP contribution in [0.25, 0.3) is 0 Å². The molecule has 0 aliphatic heterocycles. The standard InChI is InChI=1S/C14H20BrNO3/c1-5-12(14(18)19-8-9(2)3)16-7-11(15)6-10(4)13(16)17/h6-7,9,12H,5,8H2,1-4H3. The molecule has 5 heteroatoms. The Kier molecular flexibility index (Phi) is 5.79. The second kappa shape index (κ2) is 6.89. The smallest absolute Gasteiger partial charge is 0.329 e. The van der Waals surface area contributed by atoms with Crippen LogP contribution in [0.15, 0.2) is 21.5 Å². The van der Waals surface area contributed by atoms with Gasteiger partial charge in [-0.1, -0.05) is 20.8 Å². The Labute approximate surface area is 121 Å². The Morgan fingerprint density at radius 3 is 2.63 bits per heavy atom. The number of ether oxygens (including phenoxy) is 1. The number of pyridine rings is 1. The van der Waals surface area contributed by atoms with Crippen molar-refractivity contribution < 1.29 is 9.53 Å². The van der Waals surface area contributed by atoms with E-state index in [1.165, 1.54) is 4.57 Å². The van der Waals surface area contributed by atoms with Crippen LogP contribution in [0, 0.1) is 12.8 Å². The van der Waals surface area contributed by atoms with Gasteiger partial charge in [0.15, 0.2) is 0 Å². The molecule has 106 valence electrons. The van der Waals surface area contributed by atoms with Gasteiger partial charge >= 0.3 is 5.97 Å². The van der Waals surface area contributed by atoms with Crippen LogP contribution in [-0.2, 0) is 9.53 Å². The van der Waals surface area contributed by atoms with E-state index >= 15 is 0 Å². The molecule has 0 saturated heterocycles. The van der Waals surface area contributed by atoms with Crippen LogP contribution in [0.1, 0.15) is 38.8 Å². The first-order chi connectivity index (χ1) is 8.86. The highest BCUT2D eigenvalue weighted by atomic mass is 79.9. The van der Waals surface area contributed by atoms with Gasteiger partial charge in [-0.05, 0) is 41.3 Å². The number of aromatic nitrogens is 1. The number of hydrogen-bond acceptors (Lipinski definition) is 3. The number of carbonyl (C=O) groups is 1. The van der Waals surface area contributed by atoms with Gasteiger partial charge in [0.25, 0.3) is 5.56 Å². The number of nitrogens with zero attached hydrogens (tertiary/aromatic N) is 1. The fourth-order valence-corrected chi connectivity index (χ4v) is 2.32. The lowest BCUT2D eigenvalue weighted by atomic mass is 10.2. The maximum atomic E-state index is 12.1. The summed E-state index contributed by atoms with van der Waals surface area (Å²) in [6.45, 7) is 7.92. The fourth-order valence-electron chi connectivity index (χ4n) is 1.75. The summed E-state index contributed by atoms with van der Waals surface area (Å²) in [5, 5.41) is 0. The summed E-state index contributed by atoms with van der Waals surface area (Å²) >= 11 is 3.34. The minimum atomic E-state index is -0.567. The van der Waals surface area contributed by atoms with Crippen LogP contribution in [-0.4, -0.2) is 17.1 Å². The Morgan fingerprint density at radius 2 is 2.11 bits per heavy atom. The SMILES string of the molecule is CCC(C(=O)OCC(C)C)n1cc(Br)cc(C)c1=O. The highest BCUT2D eigenvalue weighted by Gasteiger charge is 2.22. The third-order valence-electron chi connectivity index (χ3n) is 2.74. The van der Waals surface area contributed by atoms with Crippen molar-refractivity contribution in [2.75, 3.05) is 6.61 Å². The van der Waals surface area contributed by atoms with Gasteiger partial charge in [0.1, 0.15) is 6.04 Å². The van der Waals surface area contributed by atoms with E-state index < -0.39 is 6.04 Å². The van der Waals surface area contributed by atoms with Gasteiger partial charge in [-0.15, -0.1) is 0 Å². The first-order valence-corrected chi connectivity index (χ1v) is 7.21. The molecule has 0 amide bonds. The lowest BCUT2D eigenvalue weighted by molar-refractivity contribution is -0.149. The van der Waals surface area contributed by atoms with Crippen molar-refractivity contribution in [3.8, 4) is 0 Å². The van der Waals surface area contributed by atoms with Gasteiger partial charge in [0.05, 0.1) is 6.61 Å². The zero-order valence-corrected chi connectivity index (χ0v) is 13.4. The van der Waals surface area contributed by atoms with Crippen molar-refractivity contribution in [2.24, 2.45) is 5.92 Å². The van der Waals surface area contributed by atoms with E-state index in [1.807, 2.05) is 20.8 Å². The van der Waals surface area contributed by atoms with Crippen LogP contribution in [0.3, 0.4) is 0 Å². The summed E-state index contributed by atoms with van der Waals surface area (Å²) in [6, 6.07) is 1.17. The minimum Gasteiger partial charge on any atom is -0.464 e. The van der Waals surface area contributed by atoms with E-state index in [0.717, 1.165) is 4.47 Å². The average molecular weight is 330 g/mol. The number of aryl methyl sites for hydroxylation is 1. The Morgan fingerprint density at radius 1 is 1.47 bits per heavy atom. The van der Waals surface area contributed by atoms with Crippen molar-refractivity contribution in [1.82, 2.24) is 4.57 Å². The van der Waals surface area contributed by atoms with E-state index in [9.17, 15) is 9.59 Å². The van der Waals surface area contributed by atoms with Gasteiger partial charge in [0, 0.05) is 16.2 Å². The van der Waals surface area contributed by atoms with E-state index in [1.54, 1.807) is 19.2 Å². The molecule has 1 heterocycles. The Balaban J connectivity index is 3.03. The predicted molar refractivity (Wildman–Crippen MR) is 78.3 cm³/mol. The molecule has 0 fully saturated rings. The van der Waals surface area contributed by atoms with Crippen LogP contribution >= 0.6 is 15.9 Å². The topological polar surface area (TPSA) is 48.3 Å². The molecule has 1 unspecified atom stereocenters. The van der Waals surface area contributed by atoms with E-state index in [2.05, 4.69) is 15.9 Å². The molecule has 0 bridgehead atoms. The molecule has 0 N–H and O–H groups in total. The molecule has 1 rings (SSSR count). The van der Waals surface area contributed by atoms with Crippen molar-refractivity contribution in [2.45, 2.75) is 40.2 Å². The second-order valence-corrected chi connectivity index (χ2v) is 5.92. The van der Waals surface area contributed by atoms with Gasteiger partial charge in [-0.25, -0.2) is 4.79 Å². The van der Waals surface area contributed by atoms with Crippen LogP contribution in [0.4, 0.5) is 0 Å². The first kappa shape index (κ1) is 16.0. The summed E-state index contributed by atoms with van der Waals surface area (Å²) in [5.41, 5.74) is 0.445. The maximum absolute atomic E-state index is 12.1. The van der Waals surface area contributed by atoms with Crippen LogP contribution < -0.4 is 5.56 Å². The Hall–Kier alpha value is -1.10. The molecular formula is C14H20BrNO3. The molecule has 0 aliphatic rings. The zero-order valence-electron chi connectivity index (χ0n) is 11.8. The molecule has 0 saturated carbocycles. The molecule has 0 radical (unpaired) electrons. The number of rotatable bonds is 5. The van der Waals surface area contributed by atoms with E-state index in [4.69, 9.17) is 4.74 Å². The molecule has 1 aromatic heterocycles. The van der Waals surface area contributed by atoms with Crippen LogP contribution in [0.5, 0.6) is 0 Å². The zero-order chi connectivity index (χ0) is 14.6. The fraction of sp³-hybridized carbons (Fsp3) is 0.571. The number of hydrogen-bond donors (Lipinski definition) is 0. The molecule has 1 aromatic rings. The quantitative estimate of drug-likeness (QED) is 0.780. The number of esters is 1. The molecule has 1 atom stereocenters. The monoisotopic (exact) mass is 329 g/mol. The Bertz CT molecular complexity index is 508. The summed E-state index contributed by atoms with van der Waals surface area (Å²) in [4.78, 5) is 24.2. The largest absolute Gasteiger partial charge is 0.464 e. The maximum Gasteiger partial charge on any atom is 0.329 e. The van der Waals surface area contributed by atoms with Crippen molar-refractivity contribution in [3.05, 3.63) is 32.7 Å². The molecule has 0 aliphatic carbocycles. The molecular weight excluding hydrogens is 310 g/mol. The normalized spacial score (nSPS) is 12.5. The third kappa shape index (κ3) is 4.20. The summed E-state index contributed by atoms with van der Waals surface area (Å²) in [5.74, 6) is -0.0711. The van der Waals surface area contributed by atoms with Crippen LogP contribution in [0.2, 0.25) is 0 Å². The van der Waals surface area contributed by atoms with Gasteiger partial charge in [0.2, 0.25) is 0 Å². The van der Waals surface area contributed by atoms with Crippen molar-refractivity contribution in [3.63, 3.8) is 0 Å². The highest BCUT2D eigenvalue weighted by Crippen LogP contribution is 2.16. The average Bonchev–Trinajstić information content (AvgIpc) is 2.33. The lowest BCUT2D eigenvalue weighted by Crippen LogP contribution is -2.32. The third-order valence-corrected chi connectivity index (χ3v) is 3.18. The van der Waals surface area contributed by atoms with Gasteiger partial charge in [-0.3, -0.25) is 9.36 Å².